The summed E-state index contributed by atoms with van der Waals surface area (Å²) in [5.74, 6) is 0.698. The summed E-state index contributed by atoms with van der Waals surface area (Å²) in [6.45, 7) is 4.83. The summed E-state index contributed by atoms with van der Waals surface area (Å²) in [6.07, 6.45) is 1.56. The molecule has 1 aliphatic heterocycles. The molecule has 1 aromatic heterocycles. The first-order valence-electron chi connectivity index (χ1n) is 9.24. The van der Waals surface area contributed by atoms with Crippen LogP contribution in [-0.2, 0) is 4.74 Å². The van der Waals surface area contributed by atoms with Crippen molar-refractivity contribution in [3.05, 3.63) is 54.7 Å². The fourth-order valence-corrected chi connectivity index (χ4v) is 3.40. The summed E-state index contributed by atoms with van der Waals surface area (Å²) in [7, 11) is 0. The van der Waals surface area contributed by atoms with Crippen molar-refractivity contribution in [3.63, 3.8) is 0 Å². The number of nitrogens with zero attached hydrogens (tertiary/aromatic N) is 4. The second kappa shape index (κ2) is 7.61. The van der Waals surface area contributed by atoms with Crippen molar-refractivity contribution >= 4 is 22.8 Å². The minimum absolute atomic E-state index is 0.248. The van der Waals surface area contributed by atoms with E-state index < -0.39 is 0 Å². The van der Waals surface area contributed by atoms with Crippen LogP contribution in [0.3, 0.4) is 0 Å². The van der Waals surface area contributed by atoms with E-state index in [1.54, 1.807) is 11.1 Å². The van der Waals surface area contributed by atoms with E-state index in [1.807, 2.05) is 25.1 Å². The van der Waals surface area contributed by atoms with Crippen LogP contribution in [0, 0.1) is 0 Å². The van der Waals surface area contributed by atoms with E-state index in [4.69, 9.17) is 9.72 Å². The Hall–Kier alpha value is -3.15. The molecule has 2 heterocycles. The standard InChI is InChI=1S/C21H22N4O2/c1-2-27-21(26)25-14-12-24(13-15-25)20-22-11-10-19(23-20)18-9-5-7-16-6-3-4-8-17(16)18/h3-11H,2,12-15H2,1H3. The molecule has 6 nitrogen and oxygen atoms in total. The average Bonchev–Trinajstić information content (AvgIpc) is 2.74. The van der Waals surface area contributed by atoms with Gasteiger partial charge in [0.2, 0.25) is 5.95 Å². The zero-order valence-corrected chi connectivity index (χ0v) is 15.3. The van der Waals surface area contributed by atoms with Crippen LogP contribution in [0.4, 0.5) is 10.7 Å². The largest absolute Gasteiger partial charge is 0.450 e. The van der Waals surface area contributed by atoms with Gasteiger partial charge in [-0.1, -0.05) is 42.5 Å². The SMILES string of the molecule is CCOC(=O)N1CCN(c2nccc(-c3cccc4ccccc34)n2)CC1. The molecule has 1 saturated heterocycles. The van der Waals surface area contributed by atoms with Crippen LogP contribution >= 0.6 is 0 Å². The minimum atomic E-state index is -0.248. The van der Waals surface area contributed by atoms with E-state index in [1.165, 1.54) is 10.8 Å². The summed E-state index contributed by atoms with van der Waals surface area (Å²) in [4.78, 5) is 25.0. The number of benzene rings is 2. The number of ether oxygens (including phenoxy) is 1. The normalized spacial score (nSPS) is 14.4. The van der Waals surface area contributed by atoms with Crippen LogP contribution in [0.5, 0.6) is 0 Å². The highest BCUT2D eigenvalue weighted by molar-refractivity contribution is 5.95. The molecule has 4 rings (SSSR count). The van der Waals surface area contributed by atoms with Gasteiger partial charge in [-0.05, 0) is 23.8 Å². The lowest BCUT2D eigenvalue weighted by Gasteiger charge is -2.34. The first-order chi connectivity index (χ1) is 13.3. The minimum Gasteiger partial charge on any atom is -0.450 e. The molecule has 2 aromatic carbocycles. The number of carbonyl (C=O) groups excluding carboxylic acids is 1. The number of aromatic nitrogens is 2. The Morgan fingerprint density at radius 1 is 1.04 bits per heavy atom. The van der Waals surface area contributed by atoms with Crippen LogP contribution in [0.25, 0.3) is 22.0 Å². The van der Waals surface area contributed by atoms with E-state index in [2.05, 4.69) is 40.2 Å². The molecule has 0 spiro atoms. The van der Waals surface area contributed by atoms with E-state index in [-0.39, 0.29) is 6.09 Å². The topological polar surface area (TPSA) is 58.6 Å². The van der Waals surface area contributed by atoms with Crippen molar-refractivity contribution in [1.82, 2.24) is 14.9 Å². The van der Waals surface area contributed by atoms with Crippen molar-refractivity contribution in [1.29, 1.82) is 0 Å². The molecule has 27 heavy (non-hydrogen) atoms. The van der Waals surface area contributed by atoms with Gasteiger partial charge in [0.1, 0.15) is 0 Å². The Kier molecular flexibility index (Phi) is 4.87. The van der Waals surface area contributed by atoms with Crippen LogP contribution < -0.4 is 4.90 Å². The summed E-state index contributed by atoms with van der Waals surface area (Å²) in [5.41, 5.74) is 2.01. The molecule has 1 amide bonds. The smallest absolute Gasteiger partial charge is 0.409 e. The fraction of sp³-hybridized carbons (Fsp3) is 0.286. The molecule has 1 fully saturated rings. The lowest BCUT2D eigenvalue weighted by atomic mass is 10.0. The highest BCUT2D eigenvalue weighted by Crippen LogP contribution is 2.28. The summed E-state index contributed by atoms with van der Waals surface area (Å²) in [5, 5.41) is 2.37. The highest BCUT2D eigenvalue weighted by atomic mass is 16.6. The van der Waals surface area contributed by atoms with E-state index >= 15 is 0 Å². The predicted molar refractivity (Wildman–Crippen MR) is 106 cm³/mol. The third kappa shape index (κ3) is 3.56. The third-order valence-corrected chi connectivity index (χ3v) is 4.80. The molecule has 0 N–H and O–H groups in total. The highest BCUT2D eigenvalue weighted by Gasteiger charge is 2.23. The second-order valence-corrected chi connectivity index (χ2v) is 6.44. The van der Waals surface area contributed by atoms with Gasteiger partial charge in [-0.3, -0.25) is 0 Å². The van der Waals surface area contributed by atoms with E-state index in [9.17, 15) is 4.79 Å². The van der Waals surface area contributed by atoms with E-state index in [0.717, 1.165) is 11.3 Å². The Morgan fingerprint density at radius 2 is 1.81 bits per heavy atom. The quantitative estimate of drug-likeness (QED) is 0.713. The molecular weight excluding hydrogens is 340 g/mol. The Bertz CT molecular complexity index is 946. The molecule has 0 atom stereocenters. The summed E-state index contributed by atoms with van der Waals surface area (Å²) < 4.78 is 5.08. The molecule has 0 radical (unpaired) electrons. The van der Waals surface area contributed by atoms with Crippen molar-refractivity contribution < 1.29 is 9.53 Å². The van der Waals surface area contributed by atoms with Crippen molar-refractivity contribution in [2.45, 2.75) is 6.92 Å². The Morgan fingerprint density at radius 3 is 2.63 bits per heavy atom. The lowest BCUT2D eigenvalue weighted by molar-refractivity contribution is 0.105. The van der Waals surface area contributed by atoms with Crippen LogP contribution in [-0.4, -0.2) is 53.7 Å². The zero-order valence-electron chi connectivity index (χ0n) is 15.3. The number of anilines is 1. The van der Waals surface area contributed by atoms with Crippen LogP contribution in [0.1, 0.15) is 6.92 Å². The zero-order chi connectivity index (χ0) is 18.6. The fourth-order valence-electron chi connectivity index (χ4n) is 3.40. The predicted octanol–water partition coefficient (Wildman–Crippen LogP) is 3.58. The van der Waals surface area contributed by atoms with Crippen molar-refractivity contribution in [2.75, 3.05) is 37.7 Å². The van der Waals surface area contributed by atoms with Gasteiger partial charge < -0.3 is 14.5 Å². The van der Waals surface area contributed by atoms with Gasteiger partial charge in [-0.2, -0.15) is 0 Å². The van der Waals surface area contributed by atoms with Crippen molar-refractivity contribution in [3.8, 4) is 11.3 Å². The lowest BCUT2D eigenvalue weighted by Crippen LogP contribution is -2.49. The summed E-state index contributed by atoms with van der Waals surface area (Å²) in [6, 6.07) is 16.5. The van der Waals surface area contributed by atoms with Gasteiger partial charge in [0, 0.05) is 37.9 Å². The number of hydrogen-bond donors (Lipinski definition) is 0. The molecule has 138 valence electrons. The maximum Gasteiger partial charge on any atom is 0.409 e. The number of amides is 1. The number of rotatable bonds is 3. The molecule has 6 heteroatoms. The van der Waals surface area contributed by atoms with Gasteiger partial charge in [-0.25, -0.2) is 14.8 Å². The van der Waals surface area contributed by atoms with Gasteiger partial charge in [0.05, 0.1) is 12.3 Å². The van der Waals surface area contributed by atoms with Gasteiger partial charge >= 0.3 is 6.09 Å². The molecule has 0 aliphatic carbocycles. The number of carbonyl (C=O) groups is 1. The maximum absolute atomic E-state index is 11.9. The van der Waals surface area contributed by atoms with Crippen LogP contribution in [0.2, 0.25) is 0 Å². The van der Waals surface area contributed by atoms with Crippen molar-refractivity contribution in [2.24, 2.45) is 0 Å². The Labute approximate surface area is 158 Å². The molecule has 1 aliphatic rings. The van der Waals surface area contributed by atoms with Gasteiger partial charge in [0.25, 0.3) is 0 Å². The van der Waals surface area contributed by atoms with E-state index in [0.29, 0.717) is 38.7 Å². The second-order valence-electron chi connectivity index (χ2n) is 6.44. The number of piperazine rings is 1. The number of hydrogen-bond acceptors (Lipinski definition) is 5. The molecule has 0 unspecified atom stereocenters. The molecule has 0 bridgehead atoms. The summed E-state index contributed by atoms with van der Waals surface area (Å²) >= 11 is 0. The molecular formula is C21H22N4O2. The first-order valence-corrected chi connectivity index (χ1v) is 9.24. The number of fused-ring (bicyclic) bond motifs is 1. The Balaban J connectivity index is 1.56. The van der Waals surface area contributed by atoms with Crippen LogP contribution in [0.15, 0.2) is 54.7 Å². The van der Waals surface area contributed by atoms with Gasteiger partial charge in [-0.15, -0.1) is 0 Å². The van der Waals surface area contributed by atoms with Gasteiger partial charge in [0.15, 0.2) is 0 Å². The average molecular weight is 362 g/mol. The third-order valence-electron chi connectivity index (χ3n) is 4.80. The molecule has 3 aromatic rings. The maximum atomic E-state index is 11.9. The first kappa shape index (κ1) is 17.3. The monoisotopic (exact) mass is 362 g/mol. The molecule has 0 saturated carbocycles.